The maximum Gasteiger partial charge on any atom is 0.425 e. The predicted octanol–water partition coefficient (Wildman–Crippen LogP) is 2.60. The molecule has 0 aliphatic carbocycles. The molecule has 1 saturated heterocycles. The number of carboxylic acids is 1. The lowest BCUT2D eigenvalue weighted by Gasteiger charge is -2.41. The number of carboxylic acid groups (broad SMARTS) is 1. The van der Waals surface area contributed by atoms with E-state index in [9.17, 15) is 27.9 Å². The molecule has 2 aromatic rings. The van der Waals surface area contributed by atoms with E-state index in [0.717, 1.165) is 0 Å². The topological polar surface area (TPSA) is 145 Å². The van der Waals surface area contributed by atoms with Crippen molar-refractivity contribution in [2.45, 2.75) is 51.6 Å². The van der Waals surface area contributed by atoms with Crippen LogP contribution in [0.15, 0.2) is 18.3 Å². The summed E-state index contributed by atoms with van der Waals surface area (Å²) in [6.45, 7) is 4.21. The number of alkyl halides is 3. The van der Waals surface area contributed by atoms with Gasteiger partial charge in [0.15, 0.2) is 6.10 Å². The lowest BCUT2D eigenvalue weighted by molar-refractivity contribution is -0.197. The Morgan fingerprint density at radius 3 is 2.70 bits per heavy atom. The van der Waals surface area contributed by atoms with E-state index in [1.165, 1.54) is 0 Å². The lowest BCUT2D eigenvalue weighted by atomic mass is 9.87. The number of anilines is 3. The second-order valence-electron chi connectivity index (χ2n) is 7.79. The molecule has 2 aromatic heterocycles. The Balaban J connectivity index is 1.81. The highest BCUT2D eigenvalue weighted by molar-refractivity contribution is 5.73. The van der Waals surface area contributed by atoms with E-state index in [-0.39, 0.29) is 18.9 Å². The first-order valence-corrected chi connectivity index (χ1v) is 10.1. The van der Waals surface area contributed by atoms with Crippen molar-refractivity contribution < 1.29 is 32.6 Å². The van der Waals surface area contributed by atoms with Gasteiger partial charge in [0.25, 0.3) is 0 Å². The van der Waals surface area contributed by atoms with Crippen LogP contribution in [-0.2, 0) is 9.53 Å². The minimum atomic E-state index is -4.71. The molecular formula is C19H24F3N7O4. The van der Waals surface area contributed by atoms with Gasteiger partial charge < -0.3 is 25.4 Å². The second kappa shape index (κ2) is 9.50. The van der Waals surface area contributed by atoms with Crippen LogP contribution in [-0.4, -0.2) is 68.2 Å². The van der Waals surface area contributed by atoms with E-state index < -0.39 is 42.3 Å². The second-order valence-corrected chi connectivity index (χ2v) is 7.79. The van der Waals surface area contributed by atoms with Crippen LogP contribution in [0.4, 0.5) is 35.5 Å². The highest BCUT2D eigenvalue weighted by Gasteiger charge is 2.42. The van der Waals surface area contributed by atoms with E-state index in [1.54, 1.807) is 37.1 Å². The molecule has 14 heteroatoms. The zero-order valence-corrected chi connectivity index (χ0v) is 18.1. The molecule has 3 rings (SSSR count). The number of ether oxygens (including phenoxy) is 1. The first kappa shape index (κ1) is 24.1. The molecule has 3 heterocycles. The number of piperidine rings is 1. The van der Waals surface area contributed by atoms with Gasteiger partial charge in [-0.05, 0) is 27.2 Å². The Kier molecular flexibility index (Phi) is 6.93. The molecule has 4 atom stereocenters. The number of aliphatic carboxylic acids is 1. The van der Waals surface area contributed by atoms with Crippen molar-refractivity contribution in [1.29, 1.82) is 0 Å². The number of carbonyl (C=O) groups excluding carboxylic acids is 1. The smallest absolute Gasteiger partial charge is 0.425 e. The Bertz CT molecular complexity index is 986. The number of nitrogens with zero attached hydrogens (tertiary/aromatic N) is 4. The Hall–Kier alpha value is -3.58. The summed E-state index contributed by atoms with van der Waals surface area (Å²) in [7, 11) is 0. The molecule has 0 saturated carbocycles. The Labute approximate surface area is 186 Å². The molecule has 0 aromatic carbocycles. The van der Waals surface area contributed by atoms with E-state index in [0.29, 0.717) is 24.3 Å². The van der Waals surface area contributed by atoms with Crippen molar-refractivity contribution in [1.82, 2.24) is 25.5 Å². The van der Waals surface area contributed by atoms with E-state index in [4.69, 9.17) is 0 Å². The fraction of sp³-hybridized carbons (Fsp3) is 0.526. The predicted molar refractivity (Wildman–Crippen MR) is 110 cm³/mol. The van der Waals surface area contributed by atoms with Gasteiger partial charge in [0.05, 0.1) is 18.2 Å². The molecule has 0 bridgehead atoms. The number of aromatic amines is 1. The van der Waals surface area contributed by atoms with Crippen molar-refractivity contribution in [2.24, 2.45) is 5.92 Å². The third-order valence-corrected chi connectivity index (χ3v) is 5.28. The van der Waals surface area contributed by atoms with Crippen molar-refractivity contribution in [3.63, 3.8) is 0 Å². The van der Waals surface area contributed by atoms with Crippen LogP contribution in [0.3, 0.4) is 0 Å². The number of amides is 1. The van der Waals surface area contributed by atoms with Gasteiger partial charge in [-0.1, -0.05) is 0 Å². The first-order valence-electron chi connectivity index (χ1n) is 10.1. The van der Waals surface area contributed by atoms with Crippen LogP contribution >= 0.6 is 0 Å². The van der Waals surface area contributed by atoms with E-state index >= 15 is 0 Å². The van der Waals surface area contributed by atoms with Crippen molar-refractivity contribution >= 4 is 29.6 Å². The van der Waals surface area contributed by atoms with Crippen LogP contribution in [0.1, 0.15) is 26.0 Å². The molecule has 4 N–H and O–H groups in total. The molecule has 11 nitrogen and oxygen atoms in total. The quantitative estimate of drug-likeness (QED) is 0.499. The first-order chi connectivity index (χ1) is 15.4. The number of H-pyrrole nitrogens is 1. The molecule has 1 aliphatic rings. The zero-order valence-electron chi connectivity index (χ0n) is 18.1. The van der Waals surface area contributed by atoms with Crippen molar-refractivity contribution in [3.05, 3.63) is 24.0 Å². The number of halogens is 3. The van der Waals surface area contributed by atoms with Gasteiger partial charge in [0.1, 0.15) is 11.6 Å². The summed E-state index contributed by atoms with van der Waals surface area (Å²) in [4.78, 5) is 34.3. The van der Waals surface area contributed by atoms with Crippen molar-refractivity contribution in [3.8, 4) is 0 Å². The molecule has 1 aliphatic heterocycles. The number of rotatable bonds is 6. The van der Waals surface area contributed by atoms with Gasteiger partial charge in [-0.3, -0.25) is 9.89 Å². The maximum atomic E-state index is 12.7. The number of aromatic nitrogens is 4. The molecule has 33 heavy (non-hydrogen) atoms. The molecule has 1 amide bonds. The monoisotopic (exact) mass is 471 g/mol. The normalized spacial score (nSPS) is 21.9. The Morgan fingerprint density at radius 1 is 1.36 bits per heavy atom. The fourth-order valence-electron chi connectivity index (χ4n) is 3.51. The number of carbonyl (C=O) groups is 2. The third-order valence-electron chi connectivity index (χ3n) is 5.28. The zero-order chi connectivity index (χ0) is 24.3. The number of hydrogen-bond acceptors (Lipinski definition) is 8. The third kappa shape index (κ3) is 6.02. The Morgan fingerprint density at radius 2 is 2.09 bits per heavy atom. The van der Waals surface area contributed by atoms with Gasteiger partial charge in [0, 0.05) is 30.4 Å². The minimum absolute atomic E-state index is 0.00751. The molecule has 1 unspecified atom stereocenters. The SMILES string of the molecule is Cc1cc(Nc2ccn[nH]2)nc(N2C[C@@H](NC(=O)O[C@@H](C)C(F)(F)F)C[C@@H](C(=O)O)C2C)n1. The highest BCUT2D eigenvalue weighted by Crippen LogP contribution is 2.29. The van der Waals surface area contributed by atoms with Crippen LogP contribution in [0.5, 0.6) is 0 Å². The maximum absolute atomic E-state index is 12.7. The number of nitrogens with one attached hydrogen (secondary N) is 3. The standard InChI is InChI=1S/C19H24F3N7O4/c1-9-6-15(26-14-4-5-23-28-14)27-17(24-9)29-8-12(7-13(10(29)2)16(30)31)25-18(32)33-11(3)19(20,21)22/h4-6,10-13H,7-8H2,1-3H3,(H,25,32)(H,30,31)(H2,23,24,26,27,28)/t10?,11-,12-,13+/m0/s1. The fourth-order valence-corrected chi connectivity index (χ4v) is 3.51. The van der Waals surface area contributed by atoms with Gasteiger partial charge in [0.2, 0.25) is 5.95 Å². The number of aryl methyl sites for hydroxylation is 1. The number of hydrogen-bond donors (Lipinski definition) is 4. The summed E-state index contributed by atoms with van der Waals surface area (Å²) in [5, 5.41) is 21.6. The number of alkyl carbamates (subject to hydrolysis) is 1. The minimum Gasteiger partial charge on any atom is -0.481 e. The van der Waals surface area contributed by atoms with Crippen LogP contribution < -0.4 is 15.5 Å². The van der Waals surface area contributed by atoms with Crippen LogP contribution in [0.2, 0.25) is 0 Å². The summed E-state index contributed by atoms with van der Waals surface area (Å²) in [6.07, 6.45) is -6.73. The van der Waals surface area contributed by atoms with Gasteiger partial charge in [-0.15, -0.1) is 0 Å². The summed E-state index contributed by atoms with van der Waals surface area (Å²) in [5.41, 5.74) is 0.592. The molecule has 1 fully saturated rings. The van der Waals surface area contributed by atoms with E-state index in [2.05, 4.69) is 35.5 Å². The summed E-state index contributed by atoms with van der Waals surface area (Å²) < 4.78 is 42.4. The van der Waals surface area contributed by atoms with E-state index in [1.807, 2.05) is 0 Å². The van der Waals surface area contributed by atoms with Gasteiger partial charge in [-0.25, -0.2) is 9.78 Å². The molecule has 180 valence electrons. The highest BCUT2D eigenvalue weighted by atomic mass is 19.4. The summed E-state index contributed by atoms with van der Waals surface area (Å²) in [6, 6.07) is 2.02. The summed E-state index contributed by atoms with van der Waals surface area (Å²) >= 11 is 0. The van der Waals surface area contributed by atoms with Crippen LogP contribution in [0, 0.1) is 12.8 Å². The lowest BCUT2D eigenvalue weighted by Crippen LogP contribution is -2.57. The molecule has 0 spiro atoms. The average molecular weight is 471 g/mol. The van der Waals surface area contributed by atoms with Crippen LogP contribution in [0.25, 0.3) is 0 Å². The van der Waals surface area contributed by atoms with Gasteiger partial charge >= 0.3 is 18.2 Å². The summed E-state index contributed by atoms with van der Waals surface area (Å²) in [5.74, 6) is -0.833. The van der Waals surface area contributed by atoms with Gasteiger partial charge in [-0.2, -0.15) is 23.3 Å². The molecular weight excluding hydrogens is 447 g/mol. The average Bonchev–Trinajstić information content (AvgIpc) is 3.20. The molecule has 0 radical (unpaired) electrons. The largest absolute Gasteiger partial charge is 0.481 e. The van der Waals surface area contributed by atoms with Crippen molar-refractivity contribution in [2.75, 3.05) is 16.8 Å².